The van der Waals surface area contributed by atoms with Crippen LogP contribution in [0.25, 0.3) is 0 Å². The molecule has 0 radical (unpaired) electrons. The number of alkyl halides is 3. The number of anilines is 1. The largest absolute Gasteiger partial charge is 0.418 e. The number of rotatable bonds is 5. The second-order valence-electron chi connectivity index (χ2n) is 5.57. The highest BCUT2D eigenvalue weighted by Gasteiger charge is 2.38. The number of unbranched alkanes of at least 4 members (excludes halogenated alkanes) is 1. The van der Waals surface area contributed by atoms with E-state index in [2.05, 4.69) is 19.2 Å². The predicted octanol–water partition coefficient (Wildman–Crippen LogP) is 5.43. The highest BCUT2D eigenvalue weighted by Crippen LogP contribution is 2.45. The lowest BCUT2D eigenvalue weighted by Gasteiger charge is -2.22. The number of fused-ring (bicyclic) bond motifs is 1. The van der Waals surface area contributed by atoms with E-state index in [1.54, 1.807) is 0 Å². The fourth-order valence-corrected chi connectivity index (χ4v) is 3.21. The van der Waals surface area contributed by atoms with Gasteiger partial charge in [0.1, 0.15) is 0 Å². The Hall–Kier alpha value is -1.19. The van der Waals surface area contributed by atoms with Crippen LogP contribution in [-0.4, -0.2) is 6.54 Å². The second-order valence-corrected chi connectivity index (χ2v) is 5.57. The van der Waals surface area contributed by atoms with Crippen molar-refractivity contribution in [3.8, 4) is 0 Å². The first-order valence-electron chi connectivity index (χ1n) is 7.43. The molecule has 1 nitrogen and oxygen atoms in total. The van der Waals surface area contributed by atoms with Gasteiger partial charge in [-0.1, -0.05) is 45.2 Å². The van der Waals surface area contributed by atoms with Gasteiger partial charge in [0.2, 0.25) is 0 Å². The molecule has 2 atom stereocenters. The lowest BCUT2D eigenvalue weighted by atomic mass is 9.82. The third-order valence-corrected chi connectivity index (χ3v) is 4.32. The first kappa shape index (κ1) is 15.2. The average Bonchev–Trinajstić information content (AvgIpc) is 2.82. The summed E-state index contributed by atoms with van der Waals surface area (Å²) in [5.41, 5.74) is 0.630. The van der Waals surface area contributed by atoms with Crippen molar-refractivity contribution < 1.29 is 13.2 Å². The molecule has 112 valence electrons. The molecular weight excluding hydrogens is 263 g/mol. The van der Waals surface area contributed by atoms with Crippen LogP contribution in [0.3, 0.4) is 0 Å². The minimum atomic E-state index is -4.28. The van der Waals surface area contributed by atoms with E-state index < -0.39 is 11.7 Å². The Morgan fingerprint density at radius 1 is 1.30 bits per heavy atom. The summed E-state index contributed by atoms with van der Waals surface area (Å²) in [5.74, 6) is 0.677. The van der Waals surface area contributed by atoms with Crippen molar-refractivity contribution in [2.24, 2.45) is 5.92 Å². The summed E-state index contributed by atoms with van der Waals surface area (Å²) in [5, 5.41) is 3.00. The van der Waals surface area contributed by atoms with Crippen molar-refractivity contribution in [2.45, 2.75) is 51.6 Å². The summed E-state index contributed by atoms with van der Waals surface area (Å²) >= 11 is 0. The van der Waals surface area contributed by atoms with Gasteiger partial charge in [-0.3, -0.25) is 0 Å². The van der Waals surface area contributed by atoms with Gasteiger partial charge < -0.3 is 5.32 Å². The van der Waals surface area contributed by atoms with E-state index >= 15 is 0 Å². The fourth-order valence-electron chi connectivity index (χ4n) is 3.21. The molecule has 0 fully saturated rings. The average molecular weight is 285 g/mol. The SMILES string of the molecule is CCCCC(CC)C1CNc2c1cccc2C(F)(F)F. The Morgan fingerprint density at radius 3 is 2.65 bits per heavy atom. The van der Waals surface area contributed by atoms with Gasteiger partial charge >= 0.3 is 6.18 Å². The molecule has 20 heavy (non-hydrogen) atoms. The Bertz CT molecular complexity index is 454. The molecule has 2 unspecified atom stereocenters. The maximum atomic E-state index is 13.0. The smallest absolute Gasteiger partial charge is 0.384 e. The maximum Gasteiger partial charge on any atom is 0.418 e. The van der Waals surface area contributed by atoms with Crippen molar-refractivity contribution in [1.29, 1.82) is 0 Å². The molecule has 1 heterocycles. The van der Waals surface area contributed by atoms with Gasteiger partial charge in [0, 0.05) is 18.2 Å². The summed E-state index contributed by atoms with van der Waals surface area (Å²) in [6.07, 6.45) is 0.102. The minimum absolute atomic E-state index is 0.212. The van der Waals surface area contributed by atoms with E-state index in [4.69, 9.17) is 0 Å². The van der Waals surface area contributed by atoms with E-state index in [0.29, 0.717) is 18.2 Å². The number of benzene rings is 1. The number of hydrogen-bond donors (Lipinski definition) is 1. The molecule has 1 aliphatic rings. The molecule has 2 rings (SSSR count). The topological polar surface area (TPSA) is 12.0 Å². The van der Waals surface area contributed by atoms with E-state index in [1.807, 2.05) is 6.07 Å². The van der Waals surface area contributed by atoms with Crippen molar-refractivity contribution in [3.05, 3.63) is 29.3 Å². The fraction of sp³-hybridized carbons (Fsp3) is 0.625. The zero-order valence-corrected chi connectivity index (χ0v) is 12.1. The predicted molar refractivity (Wildman–Crippen MR) is 76.0 cm³/mol. The maximum absolute atomic E-state index is 13.0. The molecule has 0 amide bonds. The standard InChI is InChI=1S/C16H22F3N/c1-3-5-7-11(4-2)13-10-20-15-12(13)8-6-9-14(15)16(17,18)19/h6,8-9,11,13,20H,3-5,7,10H2,1-2H3. The van der Waals surface area contributed by atoms with Gasteiger partial charge in [0.15, 0.2) is 0 Å². The molecule has 1 aliphatic heterocycles. The summed E-state index contributed by atoms with van der Waals surface area (Å²) in [4.78, 5) is 0. The lowest BCUT2D eigenvalue weighted by molar-refractivity contribution is -0.136. The van der Waals surface area contributed by atoms with E-state index in [-0.39, 0.29) is 5.92 Å². The van der Waals surface area contributed by atoms with Crippen LogP contribution < -0.4 is 5.32 Å². The Balaban J connectivity index is 2.29. The molecule has 1 aromatic rings. The molecule has 0 bridgehead atoms. The summed E-state index contributed by atoms with van der Waals surface area (Å²) < 4.78 is 39.0. The third kappa shape index (κ3) is 2.94. The van der Waals surface area contributed by atoms with Crippen molar-refractivity contribution in [1.82, 2.24) is 0 Å². The molecule has 1 aromatic carbocycles. The van der Waals surface area contributed by atoms with Crippen LogP contribution in [0.4, 0.5) is 18.9 Å². The normalized spacial score (nSPS) is 19.6. The molecule has 0 aliphatic carbocycles. The number of nitrogens with one attached hydrogen (secondary N) is 1. The van der Waals surface area contributed by atoms with E-state index in [9.17, 15) is 13.2 Å². The van der Waals surface area contributed by atoms with Crippen LogP contribution in [0.5, 0.6) is 0 Å². The zero-order chi connectivity index (χ0) is 14.8. The molecule has 4 heteroatoms. The monoisotopic (exact) mass is 285 g/mol. The van der Waals surface area contributed by atoms with Gasteiger partial charge in [0.25, 0.3) is 0 Å². The van der Waals surface area contributed by atoms with Crippen molar-refractivity contribution >= 4 is 5.69 Å². The van der Waals surface area contributed by atoms with Crippen LogP contribution in [0.1, 0.15) is 56.6 Å². The highest BCUT2D eigenvalue weighted by atomic mass is 19.4. The van der Waals surface area contributed by atoms with E-state index in [1.165, 1.54) is 12.1 Å². The van der Waals surface area contributed by atoms with Gasteiger partial charge in [-0.2, -0.15) is 13.2 Å². The van der Waals surface area contributed by atoms with Gasteiger partial charge in [-0.15, -0.1) is 0 Å². The summed E-state index contributed by atoms with van der Waals surface area (Å²) in [6, 6.07) is 4.55. The van der Waals surface area contributed by atoms with Gasteiger partial charge in [-0.05, 0) is 24.0 Å². The van der Waals surface area contributed by atoms with Crippen LogP contribution >= 0.6 is 0 Å². The Morgan fingerprint density at radius 2 is 2.05 bits per heavy atom. The molecule has 0 spiro atoms. The Kier molecular flexibility index (Phi) is 4.61. The minimum Gasteiger partial charge on any atom is -0.384 e. The summed E-state index contributed by atoms with van der Waals surface area (Å²) in [6.45, 7) is 4.91. The first-order valence-corrected chi connectivity index (χ1v) is 7.43. The third-order valence-electron chi connectivity index (χ3n) is 4.32. The number of hydrogen-bond acceptors (Lipinski definition) is 1. The summed E-state index contributed by atoms with van der Waals surface area (Å²) in [7, 11) is 0. The molecule has 0 saturated heterocycles. The van der Waals surface area contributed by atoms with Crippen LogP contribution in [0.2, 0.25) is 0 Å². The first-order chi connectivity index (χ1) is 9.49. The molecule has 0 saturated carbocycles. The highest BCUT2D eigenvalue weighted by molar-refractivity contribution is 5.64. The van der Waals surface area contributed by atoms with Crippen molar-refractivity contribution in [2.75, 3.05) is 11.9 Å². The van der Waals surface area contributed by atoms with E-state index in [0.717, 1.165) is 31.2 Å². The van der Waals surface area contributed by atoms with Crippen LogP contribution in [0.15, 0.2) is 18.2 Å². The quantitative estimate of drug-likeness (QED) is 0.760. The Labute approximate surface area is 118 Å². The number of halogens is 3. The molecule has 0 aromatic heterocycles. The van der Waals surface area contributed by atoms with Gasteiger partial charge in [-0.25, -0.2) is 0 Å². The van der Waals surface area contributed by atoms with Gasteiger partial charge in [0.05, 0.1) is 5.56 Å². The zero-order valence-electron chi connectivity index (χ0n) is 12.1. The molecule has 1 N–H and O–H groups in total. The molecular formula is C16H22F3N. The number of para-hydroxylation sites is 1. The lowest BCUT2D eigenvalue weighted by Crippen LogP contribution is -2.14. The van der Waals surface area contributed by atoms with Crippen LogP contribution in [-0.2, 0) is 6.18 Å². The van der Waals surface area contributed by atoms with Crippen molar-refractivity contribution in [3.63, 3.8) is 0 Å². The van der Waals surface area contributed by atoms with Crippen LogP contribution in [0, 0.1) is 5.92 Å². The second kappa shape index (κ2) is 6.06.